The Labute approximate surface area is 122 Å². The molecule has 2 rings (SSSR count). The van der Waals surface area contributed by atoms with E-state index in [1.54, 1.807) is 6.07 Å². The number of aryl methyl sites for hydroxylation is 1. The van der Waals surface area contributed by atoms with Crippen LogP contribution in [-0.4, -0.2) is 31.1 Å². The lowest BCUT2D eigenvalue weighted by Crippen LogP contribution is -2.45. The molecule has 0 spiro atoms. The molecule has 1 aromatic rings. The third-order valence-electron chi connectivity index (χ3n) is 4.39. The molecule has 2 nitrogen and oxygen atoms in total. The summed E-state index contributed by atoms with van der Waals surface area (Å²) in [6.45, 7) is 8.47. The van der Waals surface area contributed by atoms with Crippen LogP contribution in [0.5, 0.6) is 0 Å². The summed E-state index contributed by atoms with van der Waals surface area (Å²) in [5, 5.41) is 3.28. The Morgan fingerprint density at radius 3 is 2.80 bits per heavy atom. The second-order valence-electron chi connectivity index (χ2n) is 6.26. The molecule has 112 valence electrons. The second-order valence-corrected chi connectivity index (χ2v) is 6.26. The third-order valence-corrected chi connectivity index (χ3v) is 4.39. The van der Waals surface area contributed by atoms with Crippen molar-refractivity contribution in [3.8, 4) is 0 Å². The van der Waals surface area contributed by atoms with E-state index in [1.165, 1.54) is 12.8 Å². The quantitative estimate of drug-likeness (QED) is 0.906. The van der Waals surface area contributed by atoms with Crippen molar-refractivity contribution in [3.05, 3.63) is 35.1 Å². The van der Waals surface area contributed by atoms with Crippen molar-refractivity contribution < 1.29 is 4.39 Å². The Balaban J connectivity index is 2.40. The van der Waals surface area contributed by atoms with Crippen LogP contribution in [0.25, 0.3) is 0 Å². The van der Waals surface area contributed by atoms with Gasteiger partial charge in [0.1, 0.15) is 5.82 Å². The van der Waals surface area contributed by atoms with Crippen molar-refractivity contribution in [2.45, 2.75) is 45.7 Å². The Kier molecular flexibility index (Phi) is 5.17. The van der Waals surface area contributed by atoms with Gasteiger partial charge in [-0.3, -0.25) is 4.90 Å². The van der Waals surface area contributed by atoms with Crippen LogP contribution in [0.3, 0.4) is 0 Å². The van der Waals surface area contributed by atoms with Crippen LogP contribution in [0.15, 0.2) is 18.2 Å². The van der Waals surface area contributed by atoms with Crippen LogP contribution in [0.2, 0.25) is 0 Å². The number of nitrogens with one attached hydrogen (secondary N) is 1. The van der Waals surface area contributed by atoms with Crippen LogP contribution < -0.4 is 5.32 Å². The molecule has 0 aliphatic carbocycles. The number of hydrogen-bond donors (Lipinski definition) is 1. The van der Waals surface area contributed by atoms with Gasteiger partial charge in [-0.15, -0.1) is 0 Å². The Bertz CT molecular complexity index is 443. The normalized spacial score (nSPS) is 24.3. The highest BCUT2D eigenvalue weighted by atomic mass is 19.1. The van der Waals surface area contributed by atoms with Crippen molar-refractivity contribution in [1.29, 1.82) is 0 Å². The maximum atomic E-state index is 14.4. The molecular weight excluding hydrogens is 251 g/mol. The van der Waals surface area contributed by atoms with Crippen LogP contribution in [0.1, 0.15) is 43.9 Å². The smallest absolute Gasteiger partial charge is 0.128 e. The van der Waals surface area contributed by atoms with E-state index in [-0.39, 0.29) is 11.9 Å². The minimum atomic E-state index is -0.0609. The Hall–Kier alpha value is -0.930. The minimum Gasteiger partial charge on any atom is -0.319 e. The molecule has 1 aliphatic rings. The molecule has 1 aliphatic heterocycles. The van der Waals surface area contributed by atoms with E-state index in [0.29, 0.717) is 12.0 Å². The Morgan fingerprint density at radius 1 is 1.40 bits per heavy atom. The van der Waals surface area contributed by atoms with Gasteiger partial charge in [-0.25, -0.2) is 4.39 Å². The maximum Gasteiger partial charge on any atom is 0.128 e. The molecule has 1 aromatic carbocycles. The largest absolute Gasteiger partial charge is 0.319 e. The van der Waals surface area contributed by atoms with E-state index in [4.69, 9.17) is 0 Å². The third kappa shape index (κ3) is 3.21. The fourth-order valence-electron chi connectivity index (χ4n) is 3.48. The number of likely N-dealkylation sites (tertiary alicyclic amines) is 1. The van der Waals surface area contributed by atoms with E-state index in [0.717, 1.165) is 24.2 Å². The number of rotatable bonds is 4. The van der Waals surface area contributed by atoms with Crippen molar-refractivity contribution >= 4 is 0 Å². The van der Waals surface area contributed by atoms with Gasteiger partial charge >= 0.3 is 0 Å². The summed E-state index contributed by atoms with van der Waals surface area (Å²) >= 11 is 0. The summed E-state index contributed by atoms with van der Waals surface area (Å²) in [5.74, 6) is 0.418. The van der Waals surface area contributed by atoms with Crippen LogP contribution in [0.4, 0.5) is 4.39 Å². The van der Waals surface area contributed by atoms with E-state index < -0.39 is 0 Å². The predicted octanol–water partition coefficient (Wildman–Crippen LogP) is 3.52. The summed E-state index contributed by atoms with van der Waals surface area (Å²) in [5.41, 5.74) is 2.01. The number of halogens is 1. The molecule has 0 saturated carbocycles. The summed E-state index contributed by atoms with van der Waals surface area (Å²) in [7, 11) is 1.98. The highest BCUT2D eigenvalue weighted by Crippen LogP contribution is 2.38. The average Bonchev–Trinajstić information content (AvgIpc) is 2.42. The molecule has 1 fully saturated rings. The van der Waals surface area contributed by atoms with Crippen molar-refractivity contribution in [2.24, 2.45) is 5.92 Å². The number of benzene rings is 1. The number of nitrogens with zero attached hydrogens (tertiary/aromatic N) is 1. The van der Waals surface area contributed by atoms with Gasteiger partial charge in [0, 0.05) is 17.6 Å². The first-order valence-corrected chi connectivity index (χ1v) is 7.71. The molecule has 0 amide bonds. The predicted molar refractivity (Wildman–Crippen MR) is 82.4 cm³/mol. The summed E-state index contributed by atoms with van der Waals surface area (Å²) < 4.78 is 14.4. The molecule has 3 heteroatoms. The van der Waals surface area contributed by atoms with Crippen LogP contribution in [0, 0.1) is 18.7 Å². The lowest BCUT2D eigenvalue weighted by Gasteiger charge is -2.44. The molecule has 0 aromatic heterocycles. The zero-order valence-electron chi connectivity index (χ0n) is 13.1. The monoisotopic (exact) mass is 278 g/mol. The number of hydrogen-bond acceptors (Lipinski definition) is 2. The van der Waals surface area contributed by atoms with Gasteiger partial charge in [0.15, 0.2) is 0 Å². The first-order valence-electron chi connectivity index (χ1n) is 7.71. The molecule has 0 bridgehead atoms. The first kappa shape index (κ1) is 15.5. The van der Waals surface area contributed by atoms with Crippen molar-refractivity contribution in [2.75, 3.05) is 20.1 Å². The second kappa shape index (κ2) is 6.68. The van der Waals surface area contributed by atoms with Gasteiger partial charge in [0.2, 0.25) is 0 Å². The van der Waals surface area contributed by atoms with Gasteiger partial charge < -0.3 is 5.32 Å². The molecule has 20 heavy (non-hydrogen) atoms. The summed E-state index contributed by atoms with van der Waals surface area (Å²) in [6, 6.07) is 6.14. The van der Waals surface area contributed by atoms with Gasteiger partial charge in [-0.05, 0) is 65.7 Å². The van der Waals surface area contributed by atoms with E-state index >= 15 is 0 Å². The van der Waals surface area contributed by atoms with Crippen molar-refractivity contribution in [3.63, 3.8) is 0 Å². The van der Waals surface area contributed by atoms with E-state index in [2.05, 4.69) is 24.1 Å². The zero-order valence-corrected chi connectivity index (χ0v) is 13.1. The maximum absolute atomic E-state index is 14.4. The Morgan fingerprint density at radius 2 is 2.15 bits per heavy atom. The minimum absolute atomic E-state index is 0.0609. The highest BCUT2D eigenvalue weighted by molar-refractivity contribution is 5.28. The first-order chi connectivity index (χ1) is 9.54. The molecule has 2 atom stereocenters. The SMILES string of the molecule is CNCC1CCCN(C(C)C)C1c1cc(C)ccc1F. The van der Waals surface area contributed by atoms with Crippen LogP contribution >= 0.6 is 0 Å². The summed E-state index contributed by atoms with van der Waals surface area (Å²) in [6.07, 6.45) is 2.37. The highest BCUT2D eigenvalue weighted by Gasteiger charge is 2.35. The van der Waals surface area contributed by atoms with E-state index in [9.17, 15) is 4.39 Å². The lowest BCUT2D eigenvalue weighted by atomic mass is 9.83. The number of piperidine rings is 1. The topological polar surface area (TPSA) is 15.3 Å². The van der Waals surface area contributed by atoms with E-state index in [1.807, 2.05) is 26.1 Å². The lowest BCUT2D eigenvalue weighted by molar-refractivity contribution is 0.0613. The average molecular weight is 278 g/mol. The van der Waals surface area contributed by atoms with Gasteiger partial charge in [-0.1, -0.05) is 17.7 Å². The fourth-order valence-corrected chi connectivity index (χ4v) is 3.48. The molecule has 1 heterocycles. The molecule has 2 unspecified atom stereocenters. The molecule has 0 radical (unpaired) electrons. The summed E-state index contributed by atoms with van der Waals surface area (Å²) in [4.78, 5) is 2.46. The fraction of sp³-hybridized carbons (Fsp3) is 0.647. The zero-order chi connectivity index (χ0) is 14.7. The molecular formula is C17H27FN2. The van der Waals surface area contributed by atoms with Gasteiger partial charge in [0.05, 0.1) is 0 Å². The van der Waals surface area contributed by atoms with Crippen LogP contribution in [-0.2, 0) is 0 Å². The molecule has 1 N–H and O–H groups in total. The van der Waals surface area contributed by atoms with Crippen molar-refractivity contribution in [1.82, 2.24) is 10.2 Å². The standard InChI is InChI=1S/C17H27FN2/c1-12(2)20-9-5-6-14(11-19-4)17(20)15-10-13(3)7-8-16(15)18/h7-8,10,12,14,17,19H,5-6,9,11H2,1-4H3. The van der Waals surface area contributed by atoms with Gasteiger partial charge in [0.25, 0.3) is 0 Å². The van der Waals surface area contributed by atoms with Gasteiger partial charge in [-0.2, -0.15) is 0 Å². The molecule has 1 saturated heterocycles.